The number of carbonyl (C=O) groups is 1. The van der Waals surface area contributed by atoms with Gasteiger partial charge in [-0.25, -0.2) is 4.79 Å². The van der Waals surface area contributed by atoms with Gasteiger partial charge in [-0.3, -0.25) is 0 Å². The fourth-order valence-corrected chi connectivity index (χ4v) is 3.07. The molecule has 0 saturated carbocycles. The van der Waals surface area contributed by atoms with Crippen molar-refractivity contribution in [1.82, 2.24) is 4.90 Å². The fraction of sp³-hybridized carbons (Fsp3) is 0.870. The molecule has 27 heavy (non-hydrogen) atoms. The first-order chi connectivity index (χ1) is 13.1. The number of likely N-dealkylation sites (N-methyl/N-ethyl adjacent to an activating group) is 1. The van der Waals surface area contributed by atoms with E-state index in [9.17, 15) is 4.79 Å². The van der Waals surface area contributed by atoms with E-state index in [2.05, 4.69) is 29.4 Å². The molecule has 162 valence electrons. The first-order valence-corrected chi connectivity index (χ1v) is 12.2. The molecule has 0 aliphatic carbocycles. The van der Waals surface area contributed by atoms with E-state index in [0.29, 0.717) is 6.61 Å². The van der Waals surface area contributed by atoms with Gasteiger partial charge in [0.15, 0.2) is 0 Å². The summed E-state index contributed by atoms with van der Waals surface area (Å²) < 4.78 is 4.70. The monoisotopic (exact) mass is 447 g/mol. The molecule has 0 amide bonds. The second-order valence-electron chi connectivity index (χ2n) is 7.46. The summed E-state index contributed by atoms with van der Waals surface area (Å²) in [6, 6.07) is 0. The number of esters is 1. The van der Waals surface area contributed by atoms with Gasteiger partial charge in [-0.2, -0.15) is 0 Å². The number of ether oxygens (including phenoxy) is 1. The summed E-state index contributed by atoms with van der Waals surface area (Å²) in [6.07, 6.45) is 21.5. The van der Waals surface area contributed by atoms with E-state index in [4.69, 9.17) is 4.74 Å². The maximum absolute atomic E-state index is 10.4. The number of nitrogens with zero attached hydrogens (tertiary/aromatic N) is 1. The predicted molar refractivity (Wildman–Crippen MR) is 124 cm³/mol. The third-order valence-electron chi connectivity index (χ3n) is 4.44. The van der Waals surface area contributed by atoms with Crippen LogP contribution in [0.4, 0.5) is 0 Å². The number of hydrogen-bond acceptors (Lipinski definition) is 3. The third-order valence-corrected chi connectivity index (χ3v) is 5.00. The molecule has 4 heteroatoms. The summed E-state index contributed by atoms with van der Waals surface area (Å²) >= 11 is 3.48. The highest BCUT2D eigenvalue weighted by molar-refractivity contribution is 9.09. The molecule has 0 aromatic heterocycles. The summed E-state index contributed by atoms with van der Waals surface area (Å²) in [6.45, 7) is 6.74. The zero-order valence-electron chi connectivity index (χ0n) is 18.4. The van der Waals surface area contributed by atoms with E-state index < -0.39 is 0 Å². The topological polar surface area (TPSA) is 29.5 Å². The fourth-order valence-electron chi connectivity index (χ4n) is 2.68. The highest BCUT2D eigenvalue weighted by Gasteiger charge is 1.95. The van der Waals surface area contributed by atoms with Gasteiger partial charge in [0.2, 0.25) is 0 Å². The molecular weight excluding hydrogens is 402 g/mol. The Balaban J connectivity index is 0. The lowest BCUT2D eigenvalue weighted by Gasteiger charge is -2.07. The van der Waals surface area contributed by atoms with Gasteiger partial charge >= 0.3 is 5.97 Å². The Morgan fingerprint density at radius 3 is 1.59 bits per heavy atom. The van der Waals surface area contributed by atoms with Gasteiger partial charge in [0.1, 0.15) is 6.61 Å². The van der Waals surface area contributed by atoms with Crippen molar-refractivity contribution in [2.24, 2.45) is 0 Å². The van der Waals surface area contributed by atoms with Crippen LogP contribution in [0.2, 0.25) is 0 Å². The number of unbranched alkanes of at least 4 members (excludes halogenated alkanes) is 13. The van der Waals surface area contributed by atoms with Gasteiger partial charge in [0, 0.05) is 18.0 Å². The predicted octanol–water partition coefficient (Wildman–Crippen LogP) is 7.14. The Labute approximate surface area is 178 Å². The number of alkyl halides is 1. The molecule has 0 saturated heterocycles. The largest absolute Gasteiger partial charge is 0.461 e. The van der Waals surface area contributed by atoms with Crippen molar-refractivity contribution in [2.75, 3.05) is 32.6 Å². The van der Waals surface area contributed by atoms with E-state index in [0.717, 1.165) is 12.6 Å². The van der Waals surface area contributed by atoms with Crippen molar-refractivity contribution in [3.8, 4) is 0 Å². The van der Waals surface area contributed by atoms with Crippen LogP contribution >= 0.6 is 15.9 Å². The maximum Gasteiger partial charge on any atom is 0.330 e. The Bertz CT molecular complexity index is 295. The van der Waals surface area contributed by atoms with Crippen LogP contribution < -0.4 is 0 Å². The number of carbonyl (C=O) groups excluding carboxylic acids is 1. The first-order valence-electron chi connectivity index (χ1n) is 11.1. The molecule has 0 aromatic carbocycles. The lowest BCUT2D eigenvalue weighted by molar-refractivity contribution is -0.137. The first kappa shape index (κ1) is 28.9. The SMILES string of the molecule is C=CC(=O)OCCN(C)C.CCCCCCCCCCCCCCCCBr. The highest BCUT2D eigenvalue weighted by Crippen LogP contribution is 2.13. The molecule has 0 aliphatic heterocycles. The lowest BCUT2D eigenvalue weighted by Crippen LogP contribution is -2.19. The van der Waals surface area contributed by atoms with Crippen LogP contribution in [0.1, 0.15) is 96.8 Å². The number of rotatable bonds is 18. The molecule has 0 unspecified atom stereocenters. The highest BCUT2D eigenvalue weighted by atomic mass is 79.9. The van der Waals surface area contributed by atoms with Gasteiger partial charge < -0.3 is 9.64 Å². The molecule has 0 radical (unpaired) electrons. The van der Waals surface area contributed by atoms with E-state index >= 15 is 0 Å². The zero-order chi connectivity index (χ0) is 20.6. The van der Waals surface area contributed by atoms with Gasteiger partial charge in [-0.1, -0.05) is 113 Å². The van der Waals surface area contributed by atoms with E-state index in [1.807, 2.05) is 19.0 Å². The molecule has 0 heterocycles. The van der Waals surface area contributed by atoms with Crippen molar-refractivity contribution in [2.45, 2.75) is 96.8 Å². The molecule has 0 aliphatic rings. The zero-order valence-corrected chi connectivity index (χ0v) is 20.0. The van der Waals surface area contributed by atoms with Gasteiger partial charge in [-0.05, 0) is 20.5 Å². The summed E-state index contributed by atoms with van der Waals surface area (Å²) in [4.78, 5) is 12.4. The van der Waals surface area contributed by atoms with Gasteiger partial charge in [-0.15, -0.1) is 0 Å². The minimum atomic E-state index is -0.359. The Morgan fingerprint density at radius 1 is 0.852 bits per heavy atom. The lowest BCUT2D eigenvalue weighted by atomic mass is 10.0. The molecule has 3 nitrogen and oxygen atoms in total. The van der Waals surface area contributed by atoms with Crippen molar-refractivity contribution in [3.05, 3.63) is 12.7 Å². The molecule has 0 fully saturated rings. The van der Waals surface area contributed by atoms with E-state index in [1.54, 1.807) is 0 Å². The van der Waals surface area contributed by atoms with Crippen molar-refractivity contribution in [1.29, 1.82) is 0 Å². The van der Waals surface area contributed by atoms with Crippen LogP contribution in [-0.4, -0.2) is 43.4 Å². The average Bonchev–Trinajstić information content (AvgIpc) is 2.65. The van der Waals surface area contributed by atoms with Gasteiger partial charge in [0.25, 0.3) is 0 Å². The van der Waals surface area contributed by atoms with Crippen LogP contribution in [0, 0.1) is 0 Å². The van der Waals surface area contributed by atoms with Crippen LogP contribution in [-0.2, 0) is 9.53 Å². The normalized spacial score (nSPS) is 10.4. The third kappa shape index (κ3) is 30.6. The standard InChI is InChI=1S/C16H33Br.C7H13NO2/c1-2-3-4-5-6-7-8-9-10-11-12-13-14-15-16-17;1-4-7(9)10-6-5-8(2)3/h2-16H2,1H3;4H,1,5-6H2,2-3H3. The minimum absolute atomic E-state index is 0.359. The number of halogens is 1. The summed E-state index contributed by atoms with van der Waals surface area (Å²) in [7, 11) is 3.84. The summed E-state index contributed by atoms with van der Waals surface area (Å²) in [5, 5.41) is 1.19. The molecule has 0 aromatic rings. The molecular formula is C23H46BrNO2. The van der Waals surface area contributed by atoms with Crippen molar-refractivity contribution < 1.29 is 9.53 Å². The van der Waals surface area contributed by atoms with Crippen LogP contribution in [0.5, 0.6) is 0 Å². The minimum Gasteiger partial charge on any atom is -0.461 e. The number of hydrogen-bond donors (Lipinski definition) is 0. The van der Waals surface area contributed by atoms with Crippen molar-refractivity contribution in [3.63, 3.8) is 0 Å². The second kappa shape index (κ2) is 25.6. The van der Waals surface area contributed by atoms with Crippen LogP contribution in [0.15, 0.2) is 12.7 Å². The molecule has 0 atom stereocenters. The van der Waals surface area contributed by atoms with Crippen molar-refractivity contribution >= 4 is 21.9 Å². The average molecular weight is 449 g/mol. The van der Waals surface area contributed by atoms with Crippen LogP contribution in [0.25, 0.3) is 0 Å². The Hall–Kier alpha value is -0.350. The maximum atomic E-state index is 10.4. The Kier molecular flexibility index (Phi) is 27.4. The Morgan fingerprint density at radius 2 is 1.26 bits per heavy atom. The molecule has 0 N–H and O–H groups in total. The van der Waals surface area contributed by atoms with Crippen LogP contribution in [0.3, 0.4) is 0 Å². The summed E-state index contributed by atoms with van der Waals surface area (Å²) in [5.41, 5.74) is 0. The molecule has 0 rings (SSSR count). The second-order valence-corrected chi connectivity index (χ2v) is 8.25. The van der Waals surface area contributed by atoms with E-state index in [1.165, 1.54) is 95.2 Å². The van der Waals surface area contributed by atoms with Gasteiger partial charge in [0.05, 0.1) is 0 Å². The molecule has 0 spiro atoms. The summed E-state index contributed by atoms with van der Waals surface area (Å²) in [5.74, 6) is -0.359. The quantitative estimate of drug-likeness (QED) is 0.0966. The van der Waals surface area contributed by atoms with E-state index in [-0.39, 0.29) is 5.97 Å². The smallest absolute Gasteiger partial charge is 0.330 e. The molecule has 0 bridgehead atoms.